The van der Waals surface area contributed by atoms with E-state index < -0.39 is 10.0 Å². The highest BCUT2D eigenvalue weighted by Crippen LogP contribution is 2.31. The summed E-state index contributed by atoms with van der Waals surface area (Å²) in [7, 11) is -3.68. The Balaban J connectivity index is 2.23. The summed E-state index contributed by atoms with van der Waals surface area (Å²) in [6, 6.07) is 7.16. The highest BCUT2D eigenvalue weighted by atomic mass is 32.2. The van der Waals surface area contributed by atoms with Crippen LogP contribution < -0.4 is 10.5 Å². The van der Waals surface area contributed by atoms with Gasteiger partial charge in [-0.2, -0.15) is 11.8 Å². The average Bonchev–Trinajstić information content (AvgIpc) is 2.39. The van der Waals surface area contributed by atoms with Gasteiger partial charge in [0, 0.05) is 11.3 Å². The summed E-state index contributed by atoms with van der Waals surface area (Å²) in [5.74, 6) is 0. The molecule has 2 rings (SSSR count). The van der Waals surface area contributed by atoms with Gasteiger partial charge < -0.3 is 5.32 Å². The molecule has 19 heavy (non-hydrogen) atoms. The summed E-state index contributed by atoms with van der Waals surface area (Å²) >= 11 is 1.84. The molecule has 1 fully saturated rings. The van der Waals surface area contributed by atoms with E-state index in [0.29, 0.717) is 17.0 Å². The number of benzene rings is 1. The quantitative estimate of drug-likeness (QED) is 0.895. The minimum absolute atomic E-state index is 0.181. The molecule has 4 nitrogen and oxygen atoms in total. The smallest absolute Gasteiger partial charge is 0.240 e. The largest absolute Gasteiger partial charge is 0.380 e. The first-order valence-electron chi connectivity index (χ1n) is 6.43. The predicted molar refractivity (Wildman–Crippen MR) is 81.0 cm³/mol. The second-order valence-electron chi connectivity index (χ2n) is 4.85. The van der Waals surface area contributed by atoms with E-state index in [-0.39, 0.29) is 4.90 Å². The molecule has 1 aliphatic carbocycles. The van der Waals surface area contributed by atoms with E-state index in [1.54, 1.807) is 18.2 Å². The molecule has 3 N–H and O–H groups in total. The van der Waals surface area contributed by atoms with E-state index in [9.17, 15) is 8.42 Å². The van der Waals surface area contributed by atoms with E-state index in [1.165, 1.54) is 19.3 Å². The molecule has 1 aliphatic rings. The molecule has 0 heterocycles. The van der Waals surface area contributed by atoms with Crippen LogP contribution in [0.25, 0.3) is 0 Å². The molecular weight excluding hydrogens is 280 g/mol. The zero-order valence-corrected chi connectivity index (χ0v) is 12.6. The Morgan fingerprint density at radius 3 is 2.63 bits per heavy atom. The van der Waals surface area contributed by atoms with E-state index in [2.05, 4.69) is 11.6 Å². The Kier molecular flexibility index (Phi) is 4.76. The van der Waals surface area contributed by atoms with Crippen molar-refractivity contribution in [2.24, 2.45) is 5.14 Å². The third-order valence-electron chi connectivity index (χ3n) is 3.54. The van der Waals surface area contributed by atoms with Gasteiger partial charge >= 0.3 is 0 Å². The number of hydrogen-bond donors (Lipinski definition) is 2. The van der Waals surface area contributed by atoms with E-state index in [0.717, 1.165) is 6.42 Å². The maximum Gasteiger partial charge on any atom is 0.240 e. The zero-order chi connectivity index (χ0) is 13.9. The van der Waals surface area contributed by atoms with E-state index in [1.807, 2.05) is 17.8 Å². The molecule has 2 atom stereocenters. The van der Waals surface area contributed by atoms with Crippen LogP contribution in [-0.4, -0.2) is 26.0 Å². The Labute approximate surface area is 119 Å². The minimum atomic E-state index is -3.68. The van der Waals surface area contributed by atoms with Gasteiger partial charge in [-0.1, -0.05) is 25.0 Å². The second kappa shape index (κ2) is 6.15. The van der Waals surface area contributed by atoms with Crippen LogP contribution >= 0.6 is 11.8 Å². The maximum atomic E-state index is 11.6. The topological polar surface area (TPSA) is 72.2 Å². The SMILES string of the molecule is CSC1CCCCC1Nc1ccccc1S(N)(=O)=O. The Bertz CT molecular complexity index is 531. The second-order valence-corrected chi connectivity index (χ2v) is 7.46. The lowest BCUT2D eigenvalue weighted by molar-refractivity contribution is 0.474. The van der Waals surface area contributed by atoms with Gasteiger partial charge in [-0.3, -0.25) is 0 Å². The molecule has 1 aromatic carbocycles. The number of nitrogens with two attached hydrogens (primary N) is 1. The molecule has 1 saturated carbocycles. The molecule has 0 radical (unpaired) electrons. The van der Waals surface area contributed by atoms with Gasteiger partial charge in [-0.25, -0.2) is 13.6 Å². The molecule has 0 amide bonds. The fourth-order valence-corrected chi connectivity index (χ4v) is 4.21. The van der Waals surface area contributed by atoms with Crippen molar-refractivity contribution < 1.29 is 8.42 Å². The van der Waals surface area contributed by atoms with Crippen molar-refractivity contribution in [1.82, 2.24) is 0 Å². The molecule has 0 aromatic heterocycles. The third-order valence-corrected chi connectivity index (χ3v) is 5.68. The first-order chi connectivity index (χ1) is 9.02. The number of sulfonamides is 1. The Hall–Kier alpha value is -0.720. The summed E-state index contributed by atoms with van der Waals surface area (Å²) in [4.78, 5) is 0.181. The molecule has 0 bridgehead atoms. The third kappa shape index (κ3) is 3.64. The number of para-hydroxylation sites is 1. The normalized spacial score (nSPS) is 24.1. The lowest BCUT2D eigenvalue weighted by Gasteiger charge is -2.32. The monoisotopic (exact) mass is 300 g/mol. The summed E-state index contributed by atoms with van der Waals surface area (Å²) < 4.78 is 23.2. The molecule has 0 aliphatic heterocycles. The van der Waals surface area contributed by atoms with Crippen molar-refractivity contribution in [2.75, 3.05) is 11.6 Å². The lowest BCUT2D eigenvalue weighted by Crippen LogP contribution is -2.34. The van der Waals surface area contributed by atoms with Gasteiger partial charge in [-0.15, -0.1) is 0 Å². The predicted octanol–water partition coefficient (Wildman–Crippen LogP) is 2.42. The van der Waals surface area contributed by atoms with Crippen LogP contribution in [0.1, 0.15) is 25.7 Å². The minimum Gasteiger partial charge on any atom is -0.380 e. The van der Waals surface area contributed by atoms with Gasteiger partial charge in [-0.05, 0) is 31.2 Å². The highest BCUT2D eigenvalue weighted by molar-refractivity contribution is 7.99. The standard InChI is InChI=1S/C13H20N2O2S2/c1-18-12-8-4-2-6-10(12)15-11-7-3-5-9-13(11)19(14,16)17/h3,5,7,9-10,12,15H,2,4,6,8H2,1H3,(H2,14,16,17). The number of thioether (sulfide) groups is 1. The van der Waals surface area contributed by atoms with E-state index >= 15 is 0 Å². The first kappa shape index (κ1) is 14.7. The summed E-state index contributed by atoms with van der Waals surface area (Å²) in [6.45, 7) is 0. The number of rotatable bonds is 4. The van der Waals surface area contributed by atoms with Gasteiger partial charge in [0.15, 0.2) is 0 Å². The average molecular weight is 300 g/mol. The van der Waals surface area contributed by atoms with Crippen molar-refractivity contribution in [3.05, 3.63) is 24.3 Å². The van der Waals surface area contributed by atoms with Crippen molar-refractivity contribution in [2.45, 2.75) is 41.9 Å². The van der Waals surface area contributed by atoms with Crippen LogP contribution in [0.15, 0.2) is 29.2 Å². The zero-order valence-electron chi connectivity index (χ0n) is 11.0. The van der Waals surface area contributed by atoms with Crippen LogP contribution in [0.3, 0.4) is 0 Å². The maximum absolute atomic E-state index is 11.6. The van der Waals surface area contributed by atoms with Gasteiger partial charge in [0.1, 0.15) is 4.90 Å². The van der Waals surface area contributed by atoms with Crippen LogP contribution in [0.4, 0.5) is 5.69 Å². The van der Waals surface area contributed by atoms with Gasteiger partial charge in [0.05, 0.1) is 5.69 Å². The Morgan fingerprint density at radius 2 is 1.95 bits per heavy atom. The first-order valence-corrected chi connectivity index (χ1v) is 9.27. The molecule has 0 saturated heterocycles. The lowest BCUT2D eigenvalue weighted by atomic mass is 9.94. The van der Waals surface area contributed by atoms with Crippen molar-refractivity contribution >= 4 is 27.5 Å². The van der Waals surface area contributed by atoms with Crippen LogP contribution in [0.5, 0.6) is 0 Å². The Morgan fingerprint density at radius 1 is 1.26 bits per heavy atom. The molecule has 106 valence electrons. The van der Waals surface area contributed by atoms with Gasteiger partial charge in [0.2, 0.25) is 10.0 Å². The van der Waals surface area contributed by atoms with Crippen molar-refractivity contribution in [3.63, 3.8) is 0 Å². The highest BCUT2D eigenvalue weighted by Gasteiger charge is 2.25. The number of anilines is 1. The van der Waals surface area contributed by atoms with Crippen molar-refractivity contribution in [3.8, 4) is 0 Å². The number of nitrogens with one attached hydrogen (secondary N) is 1. The molecule has 1 aromatic rings. The number of primary sulfonamides is 1. The number of hydrogen-bond acceptors (Lipinski definition) is 4. The van der Waals surface area contributed by atoms with Crippen LogP contribution in [-0.2, 0) is 10.0 Å². The summed E-state index contributed by atoms with van der Waals surface area (Å²) in [5.41, 5.74) is 0.621. The van der Waals surface area contributed by atoms with Gasteiger partial charge in [0.25, 0.3) is 0 Å². The van der Waals surface area contributed by atoms with Crippen LogP contribution in [0.2, 0.25) is 0 Å². The van der Waals surface area contributed by atoms with E-state index in [4.69, 9.17) is 5.14 Å². The summed E-state index contributed by atoms with van der Waals surface area (Å²) in [5, 5.41) is 9.16. The fraction of sp³-hybridized carbons (Fsp3) is 0.538. The van der Waals surface area contributed by atoms with Crippen molar-refractivity contribution in [1.29, 1.82) is 0 Å². The van der Waals surface area contributed by atoms with Crippen LogP contribution in [0, 0.1) is 0 Å². The fourth-order valence-electron chi connectivity index (χ4n) is 2.58. The molecule has 2 unspecified atom stereocenters. The summed E-state index contributed by atoms with van der Waals surface area (Å²) in [6.07, 6.45) is 6.80. The molecular formula is C13H20N2O2S2. The molecule has 0 spiro atoms. The molecule has 6 heteroatoms.